The molecule has 11 atom stereocenters. The van der Waals surface area contributed by atoms with Crippen molar-refractivity contribution in [2.24, 2.45) is 5.73 Å². The maximum absolute atomic E-state index is 11.9. The van der Waals surface area contributed by atoms with Gasteiger partial charge in [0.1, 0.15) is 48.8 Å². The summed E-state index contributed by atoms with van der Waals surface area (Å²) in [6, 6.07) is 8.12. The number of aliphatic hydroxyl groups excluding tert-OH is 7. The van der Waals surface area contributed by atoms with Crippen molar-refractivity contribution in [1.82, 2.24) is 0 Å². The van der Waals surface area contributed by atoms with E-state index in [1.165, 1.54) is 0 Å². The summed E-state index contributed by atoms with van der Waals surface area (Å²) in [6.45, 7) is -1.19. The van der Waals surface area contributed by atoms with Gasteiger partial charge in [-0.2, -0.15) is 0 Å². The summed E-state index contributed by atoms with van der Waals surface area (Å²) in [7, 11) is 0. The Kier molecular flexibility index (Phi) is 8.71. The van der Waals surface area contributed by atoms with Crippen LogP contribution in [0.2, 0.25) is 0 Å². The van der Waals surface area contributed by atoms with E-state index < -0.39 is 86.6 Å². The van der Waals surface area contributed by atoms with Gasteiger partial charge in [0.15, 0.2) is 18.7 Å². The van der Waals surface area contributed by atoms with Crippen LogP contribution in [0.1, 0.15) is 11.7 Å². The molecule has 1 aromatic rings. The first-order valence-corrected chi connectivity index (χ1v) is 10.3. The standard InChI is InChI=1S/C20H29NO12/c21-18(29)17(8-4-2-1-3-5-8)33-20-16(28)14(26)12(24)10(32-20)7-30-19-15(27)13(25)11(23)9(6-22)31-19/h1-5,9-17,19-20,22-28H,6-7H2,(H2,21,29)/t9-,10-,11+,12+,13-,14-,15-,16-,17+,19+,20-/m0/s1. The molecule has 2 aliphatic rings. The van der Waals surface area contributed by atoms with E-state index in [4.69, 9.17) is 24.7 Å². The molecule has 2 saturated heterocycles. The highest BCUT2D eigenvalue weighted by molar-refractivity contribution is 5.80. The van der Waals surface area contributed by atoms with Crippen LogP contribution in [-0.2, 0) is 23.7 Å². The van der Waals surface area contributed by atoms with Gasteiger partial charge < -0.3 is 60.4 Å². The second-order valence-electron chi connectivity index (χ2n) is 7.87. The van der Waals surface area contributed by atoms with E-state index in [1.807, 2.05) is 0 Å². The molecule has 0 radical (unpaired) electrons. The first kappa shape index (κ1) is 25.9. The zero-order valence-corrected chi connectivity index (χ0v) is 17.4. The lowest BCUT2D eigenvalue weighted by Crippen LogP contribution is -2.62. The van der Waals surface area contributed by atoms with E-state index in [2.05, 4.69) is 0 Å². The van der Waals surface area contributed by atoms with Crippen LogP contribution in [0.25, 0.3) is 0 Å². The second kappa shape index (κ2) is 11.1. The van der Waals surface area contributed by atoms with Crippen molar-refractivity contribution in [2.45, 2.75) is 67.5 Å². The van der Waals surface area contributed by atoms with Crippen LogP contribution in [0.4, 0.5) is 0 Å². The number of hydrogen-bond donors (Lipinski definition) is 8. The molecule has 2 fully saturated rings. The molecule has 3 rings (SSSR count). The van der Waals surface area contributed by atoms with E-state index in [-0.39, 0.29) is 0 Å². The number of carbonyl (C=O) groups is 1. The zero-order valence-electron chi connectivity index (χ0n) is 17.4. The Morgan fingerprint density at radius 3 is 1.97 bits per heavy atom. The normalized spacial score (nSPS) is 40.3. The highest BCUT2D eigenvalue weighted by Crippen LogP contribution is 2.29. The summed E-state index contributed by atoms with van der Waals surface area (Å²) < 4.78 is 21.6. The summed E-state index contributed by atoms with van der Waals surface area (Å²) in [5.74, 6) is -0.883. The fourth-order valence-electron chi connectivity index (χ4n) is 3.63. The van der Waals surface area contributed by atoms with Gasteiger partial charge in [-0.25, -0.2) is 0 Å². The molecule has 2 aliphatic heterocycles. The Morgan fingerprint density at radius 2 is 1.39 bits per heavy atom. The minimum atomic E-state index is -1.75. The lowest BCUT2D eigenvalue weighted by Gasteiger charge is -2.43. The van der Waals surface area contributed by atoms with Gasteiger partial charge in [-0.05, 0) is 5.56 Å². The molecule has 0 aliphatic carbocycles. The topological polar surface area (TPSA) is 222 Å². The lowest BCUT2D eigenvalue weighted by atomic mass is 9.98. The van der Waals surface area contributed by atoms with Crippen molar-refractivity contribution in [3.05, 3.63) is 35.9 Å². The average Bonchev–Trinajstić information content (AvgIpc) is 2.81. The zero-order chi connectivity index (χ0) is 24.3. The molecule has 1 amide bonds. The van der Waals surface area contributed by atoms with Crippen molar-refractivity contribution in [1.29, 1.82) is 0 Å². The maximum Gasteiger partial charge on any atom is 0.251 e. The molecule has 33 heavy (non-hydrogen) atoms. The highest BCUT2D eigenvalue weighted by Gasteiger charge is 2.48. The molecular formula is C20H29NO12. The predicted molar refractivity (Wildman–Crippen MR) is 106 cm³/mol. The number of benzene rings is 1. The van der Waals surface area contributed by atoms with Gasteiger partial charge in [0.25, 0.3) is 5.91 Å². The number of rotatable bonds is 8. The van der Waals surface area contributed by atoms with Crippen LogP contribution in [0.15, 0.2) is 30.3 Å². The van der Waals surface area contributed by atoms with E-state index >= 15 is 0 Å². The van der Waals surface area contributed by atoms with Gasteiger partial charge >= 0.3 is 0 Å². The predicted octanol–water partition coefficient (Wildman–Crippen LogP) is -4.15. The molecular weight excluding hydrogens is 446 g/mol. The molecule has 13 nitrogen and oxygen atoms in total. The maximum atomic E-state index is 11.9. The van der Waals surface area contributed by atoms with E-state index in [0.29, 0.717) is 5.56 Å². The molecule has 0 saturated carbocycles. The van der Waals surface area contributed by atoms with Crippen LogP contribution in [-0.4, -0.2) is 116 Å². The van der Waals surface area contributed by atoms with Crippen LogP contribution in [0.5, 0.6) is 0 Å². The fraction of sp³-hybridized carbons (Fsp3) is 0.650. The fourth-order valence-corrected chi connectivity index (χ4v) is 3.63. The molecule has 9 N–H and O–H groups in total. The number of nitrogens with two attached hydrogens (primary N) is 1. The molecule has 1 aromatic carbocycles. The van der Waals surface area contributed by atoms with Crippen molar-refractivity contribution < 1.29 is 59.5 Å². The van der Waals surface area contributed by atoms with Crippen molar-refractivity contribution in [3.8, 4) is 0 Å². The first-order chi connectivity index (χ1) is 15.6. The van der Waals surface area contributed by atoms with Crippen LogP contribution >= 0.6 is 0 Å². The van der Waals surface area contributed by atoms with Gasteiger partial charge in [0.2, 0.25) is 0 Å². The van der Waals surface area contributed by atoms with Crippen LogP contribution < -0.4 is 5.73 Å². The van der Waals surface area contributed by atoms with Gasteiger partial charge in [-0.1, -0.05) is 30.3 Å². The third-order valence-corrected chi connectivity index (χ3v) is 5.57. The Labute approximate surface area is 188 Å². The van der Waals surface area contributed by atoms with Crippen LogP contribution in [0, 0.1) is 0 Å². The van der Waals surface area contributed by atoms with E-state index in [1.54, 1.807) is 30.3 Å². The van der Waals surface area contributed by atoms with Gasteiger partial charge in [0, 0.05) is 0 Å². The number of carbonyl (C=O) groups excluding carboxylic acids is 1. The molecule has 0 aromatic heterocycles. The molecule has 186 valence electrons. The minimum Gasteiger partial charge on any atom is -0.394 e. The number of aliphatic hydroxyl groups is 7. The SMILES string of the molecule is NC(=O)[C@H](O[C@@H]1O[C@@H](CO[C@@H]2O[C@@H](CO)[C@@H](O)[C@H](O)[C@@H]2O)[C@@H](O)[C@H](O)[C@@H]1O)c1ccccc1. The molecule has 0 unspecified atom stereocenters. The molecule has 13 heteroatoms. The third-order valence-electron chi connectivity index (χ3n) is 5.57. The van der Waals surface area contributed by atoms with Gasteiger partial charge in [0.05, 0.1) is 13.2 Å². The second-order valence-corrected chi connectivity index (χ2v) is 7.87. The smallest absolute Gasteiger partial charge is 0.251 e. The number of primary amides is 1. The van der Waals surface area contributed by atoms with Crippen molar-refractivity contribution in [3.63, 3.8) is 0 Å². The summed E-state index contributed by atoms with van der Waals surface area (Å²) in [5, 5.41) is 69.8. The first-order valence-electron chi connectivity index (χ1n) is 10.3. The highest BCUT2D eigenvalue weighted by atomic mass is 16.7. The molecule has 2 heterocycles. The Hall–Kier alpha value is -1.75. The Balaban J connectivity index is 1.68. The van der Waals surface area contributed by atoms with Crippen molar-refractivity contribution in [2.75, 3.05) is 13.2 Å². The quantitative estimate of drug-likeness (QED) is 0.179. The lowest BCUT2D eigenvalue weighted by molar-refractivity contribution is -0.334. The monoisotopic (exact) mass is 475 g/mol. The largest absolute Gasteiger partial charge is 0.394 e. The van der Waals surface area contributed by atoms with Gasteiger partial charge in [-0.3, -0.25) is 4.79 Å². The summed E-state index contributed by atoms with van der Waals surface area (Å²) in [5.41, 5.74) is 5.77. The Morgan fingerprint density at radius 1 is 0.848 bits per heavy atom. The minimum absolute atomic E-state index is 0.371. The summed E-state index contributed by atoms with van der Waals surface area (Å²) in [4.78, 5) is 11.9. The van der Waals surface area contributed by atoms with Gasteiger partial charge in [-0.15, -0.1) is 0 Å². The molecule has 0 bridgehead atoms. The number of amides is 1. The third kappa shape index (κ3) is 5.67. The average molecular weight is 475 g/mol. The van der Waals surface area contributed by atoms with E-state index in [0.717, 1.165) is 0 Å². The van der Waals surface area contributed by atoms with E-state index in [9.17, 15) is 40.5 Å². The Bertz CT molecular complexity index is 767. The number of hydrogen-bond acceptors (Lipinski definition) is 12. The van der Waals surface area contributed by atoms with Crippen molar-refractivity contribution >= 4 is 5.91 Å². The molecule has 0 spiro atoms. The van der Waals surface area contributed by atoms with Crippen LogP contribution in [0.3, 0.4) is 0 Å². The number of ether oxygens (including phenoxy) is 4. The summed E-state index contributed by atoms with van der Waals surface area (Å²) >= 11 is 0. The summed E-state index contributed by atoms with van der Waals surface area (Å²) in [6.07, 6.45) is -17.1.